The van der Waals surface area contributed by atoms with E-state index in [1.807, 2.05) is 31.2 Å². The summed E-state index contributed by atoms with van der Waals surface area (Å²) in [7, 11) is 0. The van der Waals surface area contributed by atoms with Gasteiger partial charge in [-0.3, -0.25) is 5.10 Å². The molecule has 7 heteroatoms. The lowest BCUT2D eigenvalue weighted by Gasteiger charge is -2.27. The van der Waals surface area contributed by atoms with E-state index in [0.29, 0.717) is 22.7 Å². The molecular weight excluding hydrogens is 372 g/mol. The van der Waals surface area contributed by atoms with Gasteiger partial charge in [0.2, 0.25) is 5.95 Å². The molecule has 1 aliphatic carbocycles. The molecule has 0 atom stereocenters. The van der Waals surface area contributed by atoms with Crippen LogP contribution in [0.3, 0.4) is 0 Å². The van der Waals surface area contributed by atoms with Gasteiger partial charge in [-0.1, -0.05) is 43.5 Å². The Balaban J connectivity index is 1.79. The van der Waals surface area contributed by atoms with Crippen LogP contribution in [-0.4, -0.2) is 25.1 Å². The minimum Gasteiger partial charge on any atom is -0.307 e. The van der Waals surface area contributed by atoms with E-state index >= 15 is 0 Å². The van der Waals surface area contributed by atoms with Gasteiger partial charge in [0.15, 0.2) is 5.82 Å². The molecule has 0 amide bonds. The van der Waals surface area contributed by atoms with Gasteiger partial charge in [0, 0.05) is 17.0 Å². The second kappa shape index (κ2) is 7.87. The van der Waals surface area contributed by atoms with Crippen molar-refractivity contribution in [3.05, 3.63) is 46.4 Å². The summed E-state index contributed by atoms with van der Waals surface area (Å²) in [6.07, 6.45) is 4.77. The molecule has 2 N–H and O–H groups in total. The largest absolute Gasteiger partial charge is 0.307 e. The number of aryl methyl sites for hydroxylation is 1. The van der Waals surface area contributed by atoms with Crippen molar-refractivity contribution < 1.29 is 0 Å². The molecule has 0 bridgehead atoms. The number of aromatic amines is 1. The van der Waals surface area contributed by atoms with Crippen molar-refractivity contribution in [3.8, 4) is 11.4 Å². The van der Waals surface area contributed by atoms with E-state index in [0.717, 1.165) is 47.2 Å². The average molecular weight is 397 g/mol. The van der Waals surface area contributed by atoms with Crippen molar-refractivity contribution in [2.45, 2.75) is 52.4 Å². The van der Waals surface area contributed by atoms with E-state index in [1.54, 1.807) is 0 Å². The van der Waals surface area contributed by atoms with Gasteiger partial charge in [-0.05, 0) is 44.7 Å². The minimum absolute atomic E-state index is 0.440. The van der Waals surface area contributed by atoms with Crippen molar-refractivity contribution in [2.24, 2.45) is 5.92 Å². The van der Waals surface area contributed by atoms with Crippen LogP contribution in [0.4, 0.5) is 11.8 Å². The average Bonchev–Trinajstić information content (AvgIpc) is 3.09. The van der Waals surface area contributed by atoms with E-state index < -0.39 is 0 Å². The fourth-order valence-corrected chi connectivity index (χ4v) is 4.07. The molecule has 1 fully saturated rings. The van der Waals surface area contributed by atoms with E-state index in [4.69, 9.17) is 21.6 Å². The van der Waals surface area contributed by atoms with Crippen molar-refractivity contribution >= 4 is 23.4 Å². The summed E-state index contributed by atoms with van der Waals surface area (Å²) in [6, 6.07) is 7.70. The highest BCUT2D eigenvalue weighted by Gasteiger charge is 2.25. The highest BCUT2D eigenvalue weighted by atomic mass is 35.5. The van der Waals surface area contributed by atoms with Gasteiger partial charge >= 0.3 is 0 Å². The molecule has 6 nitrogen and oxygen atoms in total. The van der Waals surface area contributed by atoms with E-state index in [1.165, 1.54) is 12.8 Å². The Kier molecular flexibility index (Phi) is 5.31. The molecule has 0 radical (unpaired) electrons. The Morgan fingerprint density at radius 1 is 1.04 bits per heavy atom. The van der Waals surface area contributed by atoms with Crippen LogP contribution in [0.5, 0.6) is 0 Å². The second-order valence-electron chi connectivity index (χ2n) is 7.71. The summed E-state index contributed by atoms with van der Waals surface area (Å²) >= 11 is 6.44. The third kappa shape index (κ3) is 3.87. The molecule has 28 heavy (non-hydrogen) atoms. The fourth-order valence-electron chi connectivity index (χ4n) is 3.85. The van der Waals surface area contributed by atoms with Crippen LogP contribution in [0.25, 0.3) is 11.4 Å². The van der Waals surface area contributed by atoms with Gasteiger partial charge < -0.3 is 5.32 Å². The van der Waals surface area contributed by atoms with Crippen LogP contribution in [-0.2, 0) is 0 Å². The SMILES string of the molecule is Cc1nc(Nc2nc(-c3ccccc3Cl)nc(C3CCC(C)CC3)c2C)n[nH]1. The lowest BCUT2D eigenvalue weighted by atomic mass is 9.80. The summed E-state index contributed by atoms with van der Waals surface area (Å²) in [5, 5.41) is 11.0. The van der Waals surface area contributed by atoms with Crippen molar-refractivity contribution in [1.82, 2.24) is 25.1 Å². The smallest absolute Gasteiger partial charge is 0.247 e. The molecule has 0 unspecified atom stereocenters. The highest BCUT2D eigenvalue weighted by molar-refractivity contribution is 6.33. The maximum atomic E-state index is 6.44. The minimum atomic E-state index is 0.440. The highest BCUT2D eigenvalue weighted by Crippen LogP contribution is 2.38. The molecule has 2 heterocycles. The summed E-state index contributed by atoms with van der Waals surface area (Å²) in [5.41, 5.74) is 2.99. The number of aromatic nitrogens is 5. The van der Waals surface area contributed by atoms with E-state index in [9.17, 15) is 0 Å². The number of benzene rings is 1. The first-order valence-corrected chi connectivity index (χ1v) is 10.2. The number of nitrogens with one attached hydrogen (secondary N) is 2. The zero-order chi connectivity index (χ0) is 19.7. The quantitative estimate of drug-likeness (QED) is 0.602. The first-order chi connectivity index (χ1) is 13.5. The molecule has 0 aliphatic heterocycles. The van der Waals surface area contributed by atoms with Crippen LogP contribution >= 0.6 is 11.6 Å². The summed E-state index contributed by atoms with van der Waals surface area (Å²) in [4.78, 5) is 14.1. The van der Waals surface area contributed by atoms with Gasteiger partial charge in [-0.15, -0.1) is 5.10 Å². The second-order valence-corrected chi connectivity index (χ2v) is 8.12. The van der Waals surface area contributed by atoms with Crippen LogP contribution in [0.1, 0.15) is 55.6 Å². The molecule has 3 aromatic rings. The first kappa shape index (κ1) is 18.9. The third-order valence-corrected chi connectivity index (χ3v) is 5.86. The number of nitrogens with zero attached hydrogens (tertiary/aromatic N) is 4. The number of halogens is 1. The Morgan fingerprint density at radius 2 is 1.79 bits per heavy atom. The van der Waals surface area contributed by atoms with Crippen LogP contribution < -0.4 is 5.32 Å². The van der Waals surface area contributed by atoms with Gasteiger partial charge in [-0.2, -0.15) is 4.98 Å². The third-order valence-electron chi connectivity index (χ3n) is 5.53. The number of anilines is 2. The lowest BCUT2D eigenvalue weighted by Crippen LogP contribution is -2.15. The van der Waals surface area contributed by atoms with Crippen LogP contribution in [0.15, 0.2) is 24.3 Å². The van der Waals surface area contributed by atoms with E-state index in [-0.39, 0.29) is 0 Å². The van der Waals surface area contributed by atoms with Gasteiger partial charge in [0.05, 0.1) is 10.7 Å². The molecule has 0 saturated heterocycles. The number of hydrogen-bond donors (Lipinski definition) is 2. The number of H-pyrrole nitrogens is 1. The molecule has 146 valence electrons. The summed E-state index contributed by atoms with van der Waals surface area (Å²) in [5.74, 6) is 3.86. The Bertz CT molecular complexity index is 975. The Hall–Kier alpha value is -2.47. The van der Waals surface area contributed by atoms with Gasteiger partial charge in [-0.25, -0.2) is 9.97 Å². The predicted molar refractivity (Wildman–Crippen MR) is 112 cm³/mol. The Labute approximate surface area is 170 Å². The summed E-state index contributed by atoms with van der Waals surface area (Å²) < 4.78 is 0. The molecule has 0 spiro atoms. The zero-order valence-electron chi connectivity index (χ0n) is 16.5. The number of rotatable bonds is 4. The normalized spacial score (nSPS) is 19.6. The van der Waals surface area contributed by atoms with Crippen molar-refractivity contribution in [1.29, 1.82) is 0 Å². The zero-order valence-corrected chi connectivity index (χ0v) is 17.2. The predicted octanol–water partition coefficient (Wildman–Crippen LogP) is 5.57. The topological polar surface area (TPSA) is 79.4 Å². The number of hydrogen-bond acceptors (Lipinski definition) is 5. The monoisotopic (exact) mass is 396 g/mol. The van der Waals surface area contributed by atoms with E-state index in [2.05, 4.69) is 34.3 Å². The van der Waals surface area contributed by atoms with Crippen molar-refractivity contribution in [3.63, 3.8) is 0 Å². The van der Waals surface area contributed by atoms with Gasteiger partial charge in [0.25, 0.3) is 0 Å². The van der Waals surface area contributed by atoms with Crippen LogP contribution in [0.2, 0.25) is 5.02 Å². The maximum absolute atomic E-state index is 6.44. The van der Waals surface area contributed by atoms with Gasteiger partial charge in [0.1, 0.15) is 11.6 Å². The first-order valence-electron chi connectivity index (χ1n) is 9.80. The molecular formula is C21H25ClN6. The molecule has 1 saturated carbocycles. The van der Waals surface area contributed by atoms with Crippen LogP contribution in [0, 0.1) is 19.8 Å². The van der Waals surface area contributed by atoms with Crippen molar-refractivity contribution in [2.75, 3.05) is 5.32 Å². The molecule has 1 aromatic carbocycles. The Morgan fingerprint density at radius 3 is 2.46 bits per heavy atom. The standard InChI is InChI=1S/C21H25ClN6/c1-12-8-10-15(11-9-12)18-13(2)19(26-21-23-14(3)27-28-21)25-20(24-18)16-6-4-5-7-17(16)22/h4-7,12,15H,8-11H2,1-3H3,(H2,23,24,25,26,27,28). The lowest BCUT2D eigenvalue weighted by molar-refractivity contribution is 0.343. The fraction of sp³-hybridized carbons (Fsp3) is 0.429. The molecule has 4 rings (SSSR count). The molecule has 2 aromatic heterocycles. The molecule has 1 aliphatic rings. The summed E-state index contributed by atoms with van der Waals surface area (Å²) in [6.45, 7) is 6.27. The maximum Gasteiger partial charge on any atom is 0.247 e.